The molecular formula is C16H22N2O3. The van der Waals surface area contributed by atoms with Crippen molar-refractivity contribution < 1.29 is 14.7 Å². The van der Waals surface area contributed by atoms with Gasteiger partial charge in [-0.3, -0.25) is 9.59 Å². The molecule has 1 aliphatic rings. The summed E-state index contributed by atoms with van der Waals surface area (Å²) in [7, 11) is 0. The second kappa shape index (κ2) is 6.83. The van der Waals surface area contributed by atoms with Crippen LogP contribution in [0.4, 0.5) is 0 Å². The van der Waals surface area contributed by atoms with Gasteiger partial charge in [0, 0.05) is 5.92 Å². The van der Waals surface area contributed by atoms with Crippen LogP contribution in [0.5, 0.6) is 0 Å². The highest BCUT2D eigenvalue weighted by atomic mass is 16.4. The summed E-state index contributed by atoms with van der Waals surface area (Å²) in [5.74, 6) is -1.25. The number of nitrogens with two attached hydrogens (primary N) is 2. The van der Waals surface area contributed by atoms with E-state index in [1.807, 2.05) is 30.3 Å². The van der Waals surface area contributed by atoms with Gasteiger partial charge in [-0.05, 0) is 37.2 Å². The molecule has 0 saturated heterocycles. The van der Waals surface area contributed by atoms with Crippen molar-refractivity contribution in [2.75, 3.05) is 0 Å². The monoisotopic (exact) mass is 290 g/mol. The molecule has 0 bridgehead atoms. The normalized spacial score (nSPS) is 24.5. The quantitative estimate of drug-likeness (QED) is 0.723. The molecule has 3 unspecified atom stereocenters. The van der Waals surface area contributed by atoms with Crippen molar-refractivity contribution >= 4 is 11.8 Å². The van der Waals surface area contributed by atoms with Crippen LogP contribution < -0.4 is 11.5 Å². The number of Topliss-reactive ketones (excluding diaryl/α,β-unsaturated/α-hetero) is 1. The largest absolute Gasteiger partial charge is 0.480 e. The second-order valence-corrected chi connectivity index (χ2v) is 5.83. The minimum Gasteiger partial charge on any atom is -0.480 e. The van der Waals surface area contributed by atoms with E-state index >= 15 is 0 Å². The summed E-state index contributed by atoms with van der Waals surface area (Å²) in [6.07, 6.45) is 2.43. The van der Waals surface area contributed by atoms with Gasteiger partial charge in [0.2, 0.25) is 0 Å². The van der Waals surface area contributed by atoms with Gasteiger partial charge in [-0.15, -0.1) is 0 Å². The maximum absolute atomic E-state index is 12.4. The van der Waals surface area contributed by atoms with Gasteiger partial charge in [0.05, 0.1) is 6.04 Å². The summed E-state index contributed by atoms with van der Waals surface area (Å²) in [5, 5.41) is 8.94. The van der Waals surface area contributed by atoms with Gasteiger partial charge in [0.15, 0.2) is 5.78 Å². The first-order valence-electron chi connectivity index (χ1n) is 7.30. The second-order valence-electron chi connectivity index (χ2n) is 5.83. The predicted molar refractivity (Wildman–Crippen MR) is 79.6 cm³/mol. The third-order valence-corrected chi connectivity index (χ3v) is 4.33. The van der Waals surface area contributed by atoms with Crippen molar-refractivity contribution in [3.8, 4) is 0 Å². The highest BCUT2D eigenvalue weighted by molar-refractivity contribution is 5.86. The fourth-order valence-corrected chi connectivity index (χ4v) is 3.07. The van der Waals surface area contributed by atoms with E-state index < -0.39 is 18.1 Å². The van der Waals surface area contributed by atoms with Gasteiger partial charge in [-0.1, -0.05) is 30.3 Å². The number of hydrogen-bond acceptors (Lipinski definition) is 4. The lowest BCUT2D eigenvalue weighted by Crippen LogP contribution is -2.39. The Kier molecular flexibility index (Phi) is 5.09. The Morgan fingerprint density at radius 2 is 1.86 bits per heavy atom. The maximum Gasteiger partial charge on any atom is 0.320 e. The Hall–Kier alpha value is -1.72. The Balaban J connectivity index is 1.90. The lowest BCUT2D eigenvalue weighted by molar-refractivity contribution is -0.140. The highest BCUT2D eigenvalue weighted by Gasteiger charge is 2.37. The molecule has 0 heterocycles. The molecule has 2 rings (SSSR count). The Morgan fingerprint density at radius 3 is 2.48 bits per heavy atom. The zero-order valence-corrected chi connectivity index (χ0v) is 11.9. The summed E-state index contributed by atoms with van der Waals surface area (Å²) in [5.41, 5.74) is 12.7. The minimum atomic E-state index is -0.998. The lowest BCUT2D eigenvalue weighted by atomic mass is 9.91. The van der Waals surface area contributed by atoms with Gasteiger partial charge in [-0.25, -0.2) is 0 Å². The van der Waals surface area contributed by atoms with Crippen LogP contribution in [0.15, 0.2) is 30.3 Å². The van der Waals surface area contributed by atoms with Crippen molar-refractivity contribution in [2.24, 2.45) is 23.3 Å². The molecule has 0 aliphatic heterocycles. The molecule has 4 atom stereocenters. The van der Waals surface area contributed by atoms with E-state index in [0.717, 1.165) is 5.56 Å². The molecular weight excluding hydrogens is 268 g/mol. The third-order valence-electron chi connectivity index (χ3n) is 4.33. The molecule has 1 aliphatic carbocycles. The molecule has 1 aromatic rings. The van der Waals surface area contributed by atoms with E-state index in [-0.39, 0.29) is 17.6 Å². The van der Waals surface area contributed by atoms with E-state index in [0.29, 0.717) is 25.7 Å². The summed E-state index contributed by atoms with van der Waals surface area (Å²) in [6.45, 7) is 0. The fourth-order valence-electron chi connectivity index (χ4n) is 3.07. The number of rotatable bonds is 6. The van der Waals surface area contributed by atoms with E-state index in [2.05, 4.69) is 0 Å². The van der Waals surface area contributed by atoms with Crippen molar-refractivity contribution in [1.29, 1.82) is 0 Å². The van der Waals surface area contributed by atoms with E-state index in [9.17, 15) is 9.59 Å². The number of ketones is 1. The van der Waals surface area contributed by atoms with E-state index in [1.165, 1.54) is 0 Å². The number of carboxylic acids is 1. The van der Waals surface area contributed by atoms with Crippen LogP contribution >= 0.6 is 0 Å². The number of hydrogen-bond donors (Lipinski definition) is 3. The molecule has 5 N–H and O–H groups in total. The molecule has 114 valence electrons. The summed E-state index contributed by atoms with van der Waals surface area (Å²) in [4.78, 5) is 23.3. The first-order chi connectivity index (χ1) is 9.99. The fraction of sp³-hybridized carbons (Fsp3) is 0.500. The van der Waals surface area contributed by atoms with E-state index in [4.69, 9.17) is 16.6 Å². The van der Waals surface area contributed by atoms with Crippen LogP contribution in [-0.2, 0) is 16.0 Å². The lowest BCUT2D eigenvalue weighted by Gasteiger charge is -2.17. The predicted octanol–water partition coefficient (Wildman–Crippen LogP) is 0.954. The summed E-state index contributed by atoms with van der Waals surface area (Å²) >= 11 is 0. The molecule has 0 spiro atoms. The molecule has 0 amide bonds. The van der Waals surface area contributed by atoms with Gasteiger partial charge in [0.25, 0.3) is 0 Å². The Morgan fingerprint density at radius 1 is 1.19 bits per heavy atom. The average Bonchev–Trinajstić information content (AvgIpc) is 2.96. The average molecular weight is 290 g/mol. The molecule has 0 radical (unpaired) electrons. The molecule has 1 saturated carbocycles. The number of carboxylic acid groups (broad SMARTS) is 1. The Bertz CT molecular complexity index is 504. The number of aliphatic carboxylic acids is 1. The van der Waals surface area contributed by atoms with Crippen LogP contribution in [0.3, 0.4) is 0 Å². The van der Waals surface area contributed by atoms with Gasteiger partial charge < -0.3 is 16.6 Å². The zero-order chi connectivity index (χ0) is 15.4. The van der Waals surface area contributed by atoms with Crippen molar-refractivity contribution in [1.82, 2.24) is 0 Å². The van der Waals surface area contributed by atoms with Gasteiger partial charge in [0.1, 0.15) is 6.04 Å². The minimum absolute atomic E-state index is 0.0268. The number of benzene rings is 1. The molecule has 0 aromatic heterocycles. The van der Waals surface area contributed by atoms with Crippen LogP contribution in [0.25, 0.3) is 0 Å². The molecule has 21 heavy (non-hydrogen) atoms. The smallest absolute Gasteiger partial charge is 0.320 e. The summed E-state index contributed by atoms with van der Waals surface area (Å²) in [6, 6.07) is 8.25. The first-order valence-corrected chi connectivity index (χ1v) is 7.30. The van der Waals surface area contributed by atoms with Crippen molar-refractivity contribution in [3.05, 3.63) is 35.9 Å². The van der Waals surface area contributed by atoms with Crippen molar-refractivity contribution in [3.63, 3.8) is 0 Å². The number of carbonyl (C=O) groups excluding carboxylic acids is 1. The summed E-state index contributed by atoms with van der Waals surface area (Å²) < 4.78 is 0. The maximum atomic E-state index is 12.4. The Labute approximate surface area is 124 Å². The number of carbonyl (C=O) groups is 2. The first kappa shape index (κ1) is 15.7. The van der Waals surface area contributed by atoms with Crippen molar-refractivity contribution in [2.45, 2.75) is 37.8 Å². The molecule has 1 aromatic carbocycles. The zero-order valence-electron chi connectivity index (χ0n) is 11.9. The van der Waals surface area contributed by atoms with Crippen LogP contribution in [-0.4, -0.2) is 28.9 Å². The van der Waals surface area contributed by atoms with E-state index in [1.54, 1.807) is 0 Å². The third kappa shape index (κ3) is 3.89. The van der Waals surface area contributed by atoms with Gasteiger partial charge in [-0.2, -0.15) is 0 Å². The van der Waals surface area contributed by atoms with Crippen LogP contribution in [0.1, 0.15) is 24.8 Å². The molecule has 1 fully saturated rings. The van der Waals surface area contributed by atoms with Crippen LogP contribution in [0, 0.1) is 11.8 Å². The highest BCUT2D eigenvalue weighted by Crippen LogP contribution is 2.34. The SMILES string of the molecule is NC(C(=O)O)C1CCC(C(=O)[C@@H](N)Cc2ccccc2)C1. The molecule has 5 heteroatoms. The molecule has 5 nitrogen and oxygen atoms in total. The van der Waals surface area contributed by atoms with Crippen LogP contribution in [0.2, 0.25) is 0 Å². The standard InChI is InChI=1S/C16H22N2O3/c17-13(8-10-4-2-1-3-5-10)15(19)12-7-6-11(9-12)14(18)16(20)21/h1-5,11-14H,6-9,17-18H2,(H,20,21)/t11?,12?,13-,14?/m0/s1. The topological polar surface area (TPSA) is 106 Å². The van der Waals surface area contributed by atoms with Gasteiger partial charge >= 0.3 is 5.97 Å².